The molecule has 0 aromatic carbocycles. The maximum absolute atomic E-state index is 13.5. The predicted molar refractivity (Wildman–Crippen MR) is 171 cm³/mol. The fraction of sp³-hybridized carbons (Fsp3) is 0.688. The van der Waals surface area contributed by atoms with Crippen LogP contribution in [0.25, 0.3) is 0 Å². The summed E-state index contributed by atoms with van der Waals surface area (Å²) >= 11 is 0. The SMILES string of the molecule is CCC[C@H](NC(=O)[C@@H](NC(=O)c1ccncc1)C(C)C)C(=O)NC(CN[C@@H](C)C(=O)N[C@H](C(=O)NCC)C(C)C)CC(C)C. The van der Waals surface area contributed by atoms with Gasteiger partial charge in [0.25, 0.3) is 5.91 Å². The Morgan fingerprint density at radius 3 is 1.84 bits per heavy atom. The summed E-state index contributed by atoms with van der Waals surface area (Å²) in [7, 11) is 0. The van der Waals surface area contributed by atoms with Crippen LogP contribution in [0, 0.1) is 17.8 Å². The smallest absolute Gasteiger partial charge is 0.252 e. The van der Waals surface area contributed by atoms with Crippen LogP contribution in [0.4, 0.5) is 0 Å². The number of amides is 5. The number of carbonyl (C=O) groups excluding carboxylic acids is 5. The second-order valence-corrected chi connectivity index (χ2v) is 12.4. The minimum Gasteiger partial charge on any atom is -0.355 e. The summed E-state index contributed by atoms with van der Waals surface area (Å²) in [6.07, 6.45) is 4.72. The van der Waals surface area contributed by atoms with Gasteiger partial charge < -0.3 is 31.9 Å². The quantitative estimate of drug-likeness (QED) is 0.138. The molecule has 0 saturated heterocycles. The van der Waals surface area contributed by atoms with Gasteiger partial charge >= 0.3 is 0 Å². The molecule has 5 atom stereocenters. The van der Waals surface area contributed by atoms with Crippen LogP contribution in [0.15, 0.2) is 24.5 Å². The maximum atomic E-state index is 13.5. The van der Waals surface area contributed by atoms with Gasteiger partial charge in [0.2, 0.25) is 23.6 Å². The van der Waals surface area contributed by atoms with Gasteiger partial charge in [0.05, 0.1) is 6.04 Å². The van der Waals surface area contributed by atoms with Crippen molar-refractivity contribution in [1.29, 1.82) is 0 Å². The third-order valence-corrected chi connectivity index (χ3v) is 7.15. The second kappa shape index (κ2) is 19.7. The van der Waals surface area contributed by atoms with Gasteiger partial charge in [-0.3, -0.25) is 29.0 Å². The van der Waals surface area contributed by atoms with Crippen molar-refractivity contribution in [2.75, 3.05) is 13.1 Å². The summed E-state index contributed by atoms with van der Waals surface area (Å²) in [6, 6.07) is -0.0885. The molecule has 12 heteroatoms. The van der Waals surface area contributed by atoms with Gasteiger partial charge in [-0.25, -0.2) is 0 Å². The van der Waals surface area contributed by atoms with Crippen molar-refractivity contribution in [3.05, 3.63) is 30.1 Å². The topological polar surface area (TPSA) is 170 Å². The van der Waals surface area contributed by atoms with Crippen molar-refractivity contribution in [1.82, 2.24) is 36.9 Å². The summed E-state index contributed by atoms with van der Waals surface area (Å²) in [5.74, 6) is -1.76. The van der Waals surface area contributed by atoms with Gasteiger partial charge in [-0.05, 0) is 56.6 Å². The third-order valence-electron chi connectivity index (χ3n) is 7.15. The van der Waals surface area contributed by atoms with Crippen LogP contribution >= 0.6 is 0 Å². The molecule has 248 valence electrons. The summed E-state index contributed by atoms with van der Waals surface area (Å²) in [5, 5.41) is 17.5. The lowest BCUT2D eigenvalue weighted by Crippen LogP contribution is -2.58. The van der Waals surface area contributed by atoms with Gasteiger partial charge in [0, 0.05) is 37.1 Å². The highest BCUT2D eigenvalue weighted by atomic mass is 16.2. The molecule has 0 aliphatic rings. The molecule has 0 aliphatic carbocycles. The van der Waals surface area contributed by atoms with Crippen LogP contribution in [-0.2, 0) is 19.2 Å². The van der Waals surface area contributed by atoms with E-state index in [4.69, 9.17) is 0 Å². The molecule has 6 N–H and O–H groups in total. The molecular weight excluding hydrogens is 562 g/mol. The summed E-state index contributed by atoms with van der Waals surface area (Å²) in [4.78, 5) is 68.7. The predicted octanol–water partition coefficient (Wildman–Crippen LogP) is 1.91. The van der Waals surface area contributed by atoms with E-state index in [0.717, 1.165) is 0 Å². The average molecular weight is 618 g/mol. The molecule has 0 radical (unpaired) electrons. The molecule has 0 saturated carbocycles. The number of hydrogen-bond donors (Lipinski definition) is 6. The van der Waals surface area contributed by atoms with E-state index >= 15 is 0 Å². The van der Waals surface area contributed by atoms with Crippen molar-refractivity contribution < 1.29 is 24.0 Å². The molecule has 12 nitrogen and oxygen atoms in total. The number of aromatic nitrogens is 1. The molecule has 0 aliphatic heterocycles. The molecule has 44 heavy (non-hydrogen) atoms. The zero-order valence-electron chi connectivity index (χ0n) is 28.0. The first-order chi connectivity index (χ1) is 20.7. The van der Waals surface area contributed by atoms with Gasteiger partial charge in [0.15, 0.2) is 0 Å². The molecule has 0 fully saturated rings. The Morgan fingerprint density at radius 2 is 1.32 bits per heavy atom. The van der Waals surface area contributed by atoms with E-state index in [1.54, 1.807) is 19.1 Å². The number of carbonyl (C=O) groups is 5. The molecule has 1 aromatic heterocycles. The summed E-state index contributed by atoms with van der Waals surface area (Å²) in [6.45, 7) is 17.7. The van der Waals surface area contributed by atoms with Crippen LogP contribution in [-0.4, -0.2) is 77.8 Å². The van der Waals surface area contributed by atoms with E-state index in [9.17, 15) is 24.0 Å². The zero-order chi connectivity index (χ0) is 33.4. The molecule has 1 rings (SSSR count). The number of hydrogen-bond acceptors (Lipinski definition) is 7. The Morgan fingerprint density at radius 1 is 0.727 bits per heavy atom. The molecule has 0 spiro atoms. The van der Waals surface area contributed by atoms with E-state index in [1.807, 2.05) is 55.4 Å². The second-order valence-electron chi connectivity index (χ2n) is 12.4. The van der Waals surface area contributed by atoms with E-state index < -0.39 is 36.0 Å². The molecular formula is C32H55N7O5. The molecule has 5 amide bonds. The monoisotopic (exact) mass is 617 g/mol. The lowest BCUT2D eigenvalue weighted by atomic mass is 10.0. The van der Waals surface area contributed by atoms with Crippen LogP contribution < -0.4 is 31.9 Å². The standard InChI is InChI=1S/C32H55N7O5/c1-10-12-25(37-32(44)27(21(7)8)39-29(41)23-13-15-33-16-14-23)30(42)36-24(17-19(3)4)18-35-22(9)28(40)38-26(20(5)6)31(43)34-11-2/h13-16,19-22,24-27,35H,10-12,17-18H2,1-9H3,(H,34,43)(H,36,42)(H,37,44)(H,38,40)(H,39,41)/t22-,24?,25-,26-,27-/m0/s1. The fourth-order valence-corrected chi connectivity index (χ4v) is 4.66. The van der Waals surface area contributed by atoms with Crippen molar-refractivity contribution in [3.63, 3.8) is 0 Å². The van der Waals surface area contributed by atoms with E-state index in [0.29, 0.717) is 37.9 Å². The number of likely N-dealkylation sites (N-methyl/N-ethyl adjacent to an activating group) is 1. The average Bonchev–Trinajstić information content (AvgIpc) is 2.96. The lowest BCUT2D eigenvalue weighted by Gasteiger charge is -2.28. The van der Waals surface area contributed by atoms with Crippen molar-refractivity contribution in [3.8, 4) is 0 Å². The first-order valence-electron chi connectivity index (χ1n) is 15.8. The first-order valence-corrected chi connectivity index (χ1v) is 15.8. The minimum absolute atomic E-state index is 0.0874. The molecule has 1 aromatic rings. The van der Waals surface area contributed by atoms with Crippen molar-refractivity contribution in [2.24, 2.45) is 17.8 Å². The van der Waals surface area contributed by atoms with Crippen LogP contribution in [0.1, 0.15) is 91.9 Å². The Hall–Kier alpha value is -3.54. The molecule has 1 unspecified atom stereocenters. The van der Waals surface area contributed by atoms with Gasteiger partial charge in [-0.1, -0.05) is 54.9 Å². The van der Waals surface area contributed by atoms with E-state index in [1.165, 1.54) is 12.4 Å². The Kier molecular flexibility index (Phi) is 17.2. The van der Waals surface area contributed by atoms with E-state index in [-0.39, 0.29) is 41.5 Å². The zero-order valence-corrected chi connectivity index (χ0v) is 28.0. The van der Waals surface area contributed by atoms with Gasteiger partial charge in [-0.15, -0.1) is 0 Å². The highest BCUT2D eigenvalue weighted by molar-refractivity contribution is 5.98. The highest BCUT2D eigenvalue weighted by Gasteiger charge is 2.30. The Bertz CT molecular complexity index is 1060. The number of nitrogens with zero attached hydrogens (tertiary/aromatic N) is 1. The first kappa shape index (κ1) is 38.5. The number of rotatable bonds is 19. The Balaban J connectivity index is 2.91. The summed E-state index contributed by atoms with van der Waals surface area (Å²) < 4.78 is 0. The molecule has 1 heterocycles. The van der Waals surface area contributed by atoms with Crippen molar-refractivity contribution in [2.45, 2.75) is 112 Å². The van der Waals surface area contributed by atoms with Crippen molar-refractivity contribution >= 4 is 29.5 Å². The number of pyridine rings is 1. The fourth-order valence-electron chi connectivity index (χ4n) is 4.66. The van der Waals surface area contributed by atoms with Crippen LogP contribution in [0.2, 0.25) is 0 Å². The Labute approximate surface area is 263 Å². The lowest BCUT2D eigenvalue weighted by molar-refractivity contribution is -0.131. The van der Waals surface area contributed by atoms with Crippen LogP contribution in [0.5, 0.6) is 0 Å². The van der Waals surface area contributed by atoms with Crippen LogP contribution in [0.3, 0.4) is 0 Å². The number of nitrogens with one attached hydrogen (secondary N) is 6. The highest BCUT2D eigenvalue weighted by Crippen LogP contribution is 2.09. The molecule has 0 bridgehead atoms. The summed E-state index contributed by atoms with van der Waals surface area (Å²) in [5.41, 5.74) is 0.386. The van der Waals surface area contributed by atoms with E-state index in [2.05, 4.69) is 36.9 Å². The largest absolute Gasteiger partial charge is 0.355 e. The minimum atomic E-state index is -0.843. The third kappa shape index (κ3) is 13.4. The maximum Gasteiger partial charge on any atom is 0.252 e. The normalized spacial score (nSPS) is 14.7. The van der Waals surface area contributed by atoms with Gasteiger partial charge in [0.1, 0.15) is 18.1 Å². The van der Waals surface area contributed by atoms with Gasteiger partial charge in [-0.2, -0.15) is 0 Å².